The van der Waals surface area contributed by atoms with E-state index < -0.39 is 0 Å². The minimum Gasteiger partial charge on any atom is -0.508 e. The summed E-state index contributed by atoms with van der Waals surface area (Å²) in [4.78, 5) is 2.27. The first-order chi connectivity index (χ1) is 15.0. The standard InChI is InChI=1S/C28H33NO2/c1-5-27(22-11-15-25(30)16-12-22)28(23-9-7-6-8-10-23)24-13-17-26(18-14-24)31-20-19-29(4)21(2)3/h6-18,21,30H,5,19-20H2,1-4H3/b28-27-. The zero-order chi connectivity index (χ0) is 22.2. The third-order valence-electron chi connectivity index (χ3n) is 5.67. The van der Waals surface area contributed by atoms with E-state index in [9.17, 15) is 5.11 Å². The molecule has 31 heavy (non-hydrogen) atoms. The normalized spacial score (nSPS) is 12.2. The Balaban J connectivity index is 1.92. The Morgan fingerprint density at radius 3 is 2.00 bits per heavy atom. The van der Waals surface area contributed by atoms with Crippen LogP contribution >= 0.6 is 0 Å². The summed E-state index contributed by atoms with van der Waals surface area (Å²) in [7, 11) is 2.11. The van der Waals surface area contributed by atoms with Crippen molar-refractivity contribution in [3.8, 4) is 11.5 Å². The second-order valence-electron chi connectivity index (χ2n) is 8.07. The molecule has 0 atom stereocenters. The van der Waals surface area contributed by atoms with Crippen molar-refractivity contribution in [2.75, 3.05) is 20.2 Å². The van der Waals surface area contributed by atoms with Gasteiger partial charge in [0.1, 0.15) is 18.1 Å². The van der Waals surface area contributed by atoms with Gasteiger partial charge in [0, 0.05) is 12.6 Å². The van der Waals surface area contributed by atoms with Crippen LogP contribution in [0.25, 0.3) is 11.1 Å². The van der Waals surface area contributed by atoms with Crippen LogP contribution in [0.1, 0.15) is 43.9 Å². The molecule has 3 aromatic rings. The maximum atomic E-state index is 9.72. The summed E-state index contributed by atoms with van der Waals surface area (Å²) in [6.07, 6.45) is 0.884. The van der Waals surface area contributed by atoms with Crippen molar-refractivity contribution in [1.82, 2.24) is 4.90 Å². The van der Waals surface area contributed by atoms with Gasteiger partial charge in [0.2, 0.25) is 0 Å². The highest BCUT2D eigenvalue weighted by atomic mass is 16.5. The predicted octanol–water partition coefficient (Wildman–Crippen LogP) is 6.48. The van der Waals surface area contributed by atoms with E-state index >= 15 is 0 Å². The number of likely N-dealkylation sites (N-methyl/N-ethyl adjacent to an activating group) is 1. The Kier molecular flexibility index (Phi) is 7.91. The van der Waals surface area contributed by atoms with Crippen LogP contribution in [-0.4, -0.2) is 36.2 Å². The van der Waals surface area contributed by atoms with Crippen molar-refractivity contribution >= 4 is 11.1 Å². The number of phenols is 1. The van der Waals surface area contributed by atoms with Gasteiger partial charge in [-0.1, -0.05) is 61.5 Å². The van der Waals surface area contributed by atoms with Crippen molar-refractivity contribution < 1.29 is 9.84 Å². The minimum atomic E-state index is 0.282. The van der Waals surface area contributed by atoms with Crippen LogP contribution < -0.4 is 4.74 Å². The molecule has 0 fully saturated rings. The number of rotatable bonds is 9. The maximum absolute atomic E-state index is 9.72. The molecule has 0 bridgehead atoms. The van der Waals surface area contributed by atoms with Crippen LogP contribution in [0.15, 0.2) is 78.9 Å². The number of phenolic OH excluding ortho intramolecular Hbond substituents is 1. The number of benzene rings is 3. The number of aromatic hydroxyl groups is 1. The summed E-state index contributed by atoms with van der Waals surface area (Å²) in [6.45, 7) is 8.11. The molecule has 3 heteroatoms. The average molecular weight is 416 g/mol. The fourth-order valence-electron chi connectivity index (χ4n) is 3.59. The van der Waals surface area contributed by atoms with Crippen LogP contribution in [0.3, 0.4) is 0 Å². The Hall–Kier alpha value is -3.04. The molecule has 0 radical (unpaired) electrons. The summed E-state index contributed by atoms with van der Waals surface area (Å²) < 4.78 is 5.97. The third kappa shape index (κ3) is 5.99. The first-order valence-electron chi connectivity index (χ1n) is 11.0. The molecule has 3 aromatic carbocycles. The van der Waals surface area contributed by atoms with Gasteiger partial charge in [-0.2, -0.15) is 0 Å². The van der Waals surface area contributed by atoms with E-state index in [-0.39, 0.29) is 5.75 Å². The van der Waals surface area contributed by atoms with Gasteiger partial charge in [-0.15, -0.1) is 0 Å². The zero-order valence-electron chi connectivity index (χ0n) is 19.0. The van der Waals surface area contributed by atoms with Crippen LogP contribution in [0.4, 0.5) is 0 Å². The topological polar surface area (TPSA) is 32.7 Å². The van der Waals surface area contributed by atoms with E-state index in [1.807, 2.05) is 18.2 Å². The van der Waals surface area contributed by atoms with E-state index in [2.05, 4.69) is 81.2 Å². The van der Waals surface area contributed by atoms with Gasteiger partial charge >= 0.3 is 0 Å². The van der Waals surface area contributed by atoms with E-state index in [1.165, 1.54) is 16.7 Å². The smallest absolute Gasteiger partial charge is 0.119 e. The van der Waals surface area contributed by atoms with E-state index in [0.717, 1.165) is 29.8 Å². The molecule has 3 nitrogen and oxygen atoms in total. The second kappa shape index (κ2) is 10.8. The summed E-state index contributed by atoms with van der Waals surface area (Å²) >= 11 is 0. The third-order valence-corrected chi connectivity index (χ3v) is 5.67. The van der Waals surface area contributed by atoms with Crippen LogP contribution in [0.2, 0.25) is 0 Å². The molecular formula is C28H33NO2. The molecule has 0 saturated heterocycles. The Morgan fingerprint density at radius 2 is 1.42 bits per heavy atom. The lowest BCUT2D eigenvalue weighted by Crippen LogP contribution is -2.30. The molecule has 0 amide bonds. The highest BCUT2D eigenvalue weighted by molar-refractivity contribution is 5.98. The van der Waals surface area contributed by atoms with Gasteiger partial charge in [-0.25, -0.2) is 0 Å². The van der Waals surface area contributed by atoms with Crippen LogP contribution in [0, 0.1) is 0 Å². The molecule has 0 saturated carbocycles. The van der Waals surface area contributed by atoms with Crippen LogP contribution in [0.5, 0.6) is 11.5 Å². The predicted molar refractivity (Wildman–Crippen MR) is 130 cm³/mol. The van der Waals surface area contributed by atoms with Gasteiger partial charge in [0.25, 0.3) is 0 Å². The molecule has 0 spiro atoms. The Morgan fingerprint density at radius 1 is 0.839 bits per heavy atom. The molecule has 0 aliphatic rings. The van der Waals surface area contributed by atoms with Gasteiger partial charge in [0.15, 0.2) is 0 Å². The van der Waals surface area contributed by atoms with Crippen molar-refractivity contribution in [2.45, 2.75) is 33.2 Å². The lowest BCUT2D eigenvalue weighted by molar-refractivity contribution is 0.208. The summed E-state index contributed by atoms with van der Waals surface area (Å²) in [6, 6.07) is 26.8. The molecule has 1 N–H and O–H groups in total. The van der Waals surface area contributed by atoms with Crippen molar-refractivity contribution in [1.29, 1.82) is 0 Å². The summed E-state index contributed by atoms with van der Waals surface area (Å²) in [5, 5.41) is 9.72. The largest absolute Gasteiger partial charge is 0.508 e. The molecule has 0 aromatic heterocycles. The van der Waals surface area contributed by atoms with E-state index in [0.29, 0.717) is 12.6 Å². The summed E-state index contributed by atoms with van der Waals surface area (Å²) in [5.74, 6) is 1.17. The van der Waals surface area contributed by atoms with Crippen molar-refractivity contribution in [3.05, 3.63) is 95.6 Å². The second-order valence-corrected chi connectivity index (χ2v) is 8.07. The summed E-state index contributed by atoms with van der Waals surface area (Å²) in [5.41, 5.74) is 5.91. The van der Waals surface area contributed by atoms with E-state index in [4.69, 9.17) is 4.74 Å². The Labute approximate surface area is 186 Å². The van der Waals surface area contributed by atoms with E-state index in [1.54, 1.807) is 12.1 Å². The highest BCUT2D eigenvalue weighted by Crippen LogP contribution is 2.35. The van der Waals surface area contributed by atoms with Gasteiger partial charge in [-0.05, 0) is 79.4 Å². The van der Waals surface area contributed by atoms with Crippen molar-refractivity contribution in [2.24, 2.45) is 0 Å². The first kappa shape index (κ1) is 22.6. The monoisotopic (exact) mass is 415 g/mol. The number of hydrogen-bond acceptors (Lipinski definition) is 3. The zero-order valence-corrected chi connectivity index (χ0v) is 19.0. The number of nitrogens with zero attached hydrogens (tertiary/aromatic N) is 1. The van der Waals surface area contributed by atoms with Gasteiger partial charge < -0.3 is 14.7 Å². The lowest BCUT2D eigenvalue weighted by atomic mass is 9.88. The average Bonchev–Trinajstić information content (AvgIpc) is 2.79. The number of ether oxygens (including phenoxy) is 1. The van der Waals surface area contributed by atoms with Crippen molar-refractivity contribution in [3.63, 3.8) is 0 Å². The SMILES string of the molecule is CC/C(=C(\c1ccccc1)c1ccc(OCCN(C)C(C)C)cc1)c1ccc(O)cc1. The number of allylic oxidation sites excluding steroid dienone is 1. The number of hydrogen-bond donors (Lipinski definition) is 1. The molecule has 0 aliphatic heterocycles. The molecule has 3 rings (SSSR count). The highest BCUT2D eigenvalue weighted by Gasteiger charge is 2.13. The van der Waals surface area contributed by atoms with Gasteiger partial charge in [0.05, 0.1) is 0 Å². The molecular weight excluding hydrogens is 382 g/mol. The molecule has 0 heterocycles. The molecule has 0 unspecified atom stereocenters. The van der Waals surface area contributed by atoms with Gasteiger partial charge in [-0.3, -0.25) is 0 Å². The molecule has 0 aliphatic carbocycles. The Bertz CT molecular complexity index is 974. The maximum Gasteiger partial charge on any atom is 0.119 e. The minimum absolute atomic E-state index is 0.282. The first-order valence-corrected chi connectivity index (χ1v) is 11.0. The fraction of sp³-hybridized carbons (Fsp3) is 0.286. The fourth-order valence-corrected chi connectivity index (χ4v) is 3.59. The van der Waals surface area contributed by atoms with Crippen LogP contribution in [-0.2, 0) is 0 Å². The molecule has 162 valence electrons. The lowest BCUT2D eigenvalue weighted by Gasteiger charge is -2.21. The quantitative estimate of drug-likeness (QED) is 0.406.